The number of hydrogen-bond acceptors (Lipinski definition) is 3. The molecule has 2 N–H and O–H groups in total. The van der Waals surface area contributed by atoms with Gasteiger partial charge in [-0.3, -0.25) is 14.0 Å². The summed E-state index contributed by atoms with van der Waals surface area (Å²) in [6.45, 7) is 1.89. The highest BCUT2D eigenvalue weighted by molar-refractivity contribution is 6.00. The lowest BCUT2D eigenvalue weighted by molar-refractivity contribution is 0.0937. The smallest absolute Gasteiger partial charge is 0.275 e. The van der Waals surface area contributed by atoms with Crippen LogP contribution in [0.2, 0.25) is 0 Å². The van der Waals surface area contributed by atoms with Gasteiger partial charge in [-0.25, -0.2) is 4.98 Å². The number of nitrogens with one attached hydrogen (secondary N) is 2. The molecular formula is C19H16N4O2. The molecule has 0 aliphatic carbocycles. The minimum atomic E-state index is -0.375. The maximum atomic E-state index is 12.7. The van der Waals surface area contributed by atoms with Gasteiger partial charge in [0.15, 0.2) is 5.69 Å². The van der Waals surface area contributed by atoms with Gasteiger partial charge in [0.25, 0.3) is 11.5 Å². The summed E-state index contributed by atoms with van der Waals surface area (Å²) in [6.07, 6.45) is 1.51. The lowest BCUT2D eigenvalue weighted by Crippen LogP contribution is -2.28. The number of hydrogen-bond donors (Lipinski definition) is 2. The van der Waals surface area contributed by atoms with Crippen LogP contribution in [0.1, 0.15) is 29.0 Å². The summed E-state index contributed by atoms with van der Waals surface area (Å²) in [5.74, 6) is -0.375. The number of para-hydroxylation sites is 2. The zero-order valence-electron chi connectivity index (χ0n) is 13.6. The third-order valence-electron chi connectivity index (χ3n) is 4.26. The second-order valence-corrected chi connectivity index (χ2v) is 5.89. The quantitative estimate of drug-likeness (QED) is 0.605. The monoisotopic (exact) mass is 332 g/mol. The predicted molar refractivity (Wildman–Crippen MR) is 95.6 cm³/mol. The summed E-state index contributed by atoms with van der Waals surface area (Å²) in [5.41, 5.74) is 2.50. The van der Waals surface area contributed by atoms with E-state index < -0.39 is 0 Å². The molecule has 25 heavy (non-hydrogen) atoms. The summed E-state index contributed by atoms with van der Waals surface area (Å²) in [7, 11) is 0. The normalized spacial score (nSPS) is 12.4. The third-order valence-corrected chi connectivity index (χ3v) is 4.26. The van der Waals surface area contributed by atoms with Crippen molar-refractivity contribution < 1.29 is 4.79 Å². The van der Waals surface area contributed by atoms with Crippen LogP contribution in [0, 0.1) is 0 Å². The van der Waals surface area contributed by atoms with E-state index in [-0.39, 0.29) is 28.7 Å². The Hall–Kier alpha value is -3.41. The van der Waals surface area contributed by atoms with E-state index in [2.05, 4.69) is 15.3 Å². The molecule has 0 saturated carbocycles. The first-order chi connectivity index (χ1) is 12.1. The Morgan fingerprint density at radius 1 is 1.12 bits per heavy atom. The van der Waals surface area contributed by atoms with Gasteiger partial charge >= 0.3 is 0 Å². The van der Waals surface area contributed by atoms with Crippen molar-refractivity contribution in [3.8, 4) is 0 Å². The van der Waals surface area contributed by atoms with Crippen LogP contribution in [0.5, 0.6) is 0 Å². The van der Waals surface area contributed by atoms with E-state index in [9.17, 15) is 9.59 Å². The van der Waals surface area contributed by atoms with Crippen molar-refractivity contribution in [3.05, 3.63) is 82.5 Å². The van der Waals surface area contributed by atoms with Gasteiger partial charge in [0.1, 0.15) is 11.8 Å². The van der Waals surface area contributed by atoms with E-state index in [1.807, 2.05) is 61.5 Å². The average molecular weight is 332 g/mol. The average Bonchev–Trinajstić information content (AvgIpc) is 3.09. The van der Waals surface area contributed by atoms with Crippen molar-refractivity contribution >= 4 is 22.5 Å². The fourth-order valence-corrected chi connectivity index (χ4v) is 2.98. The number of carbonyl (C=O) groups excluding carboxylic acids is 1. The molecule has 6 nitrogen and oxygen atoms in total. The highest BCUT2D eigenvalue weighted by atomic mass is 16.2. The van der Waals surface area contributed by atoms with Gasteiger partial charge < -0.3 is 10.3 Å². The molecular weight excluding hydrogens is 316 g/mol. The van der Waals surface area contributed by atoms with Gasteiger partial charge in [-0.1, -0.05) is 42.5 Å². The van der Waals surface area contributed by atoms with E-state index in [0.717, 1.165) is 11.1 Å². The van der Waals surface area contributed by atoms with Gasteiger partial charge in [0.2, 0.25) is 0 Å². The van der Waals surface area contributed by atoms with Gasteiger partial charge in [-0.05, 0) is 24.6 Å². The zero-order valence-corrected chi connectivity index (χ0v) is 13.6. The van der Waals surface area contributed by atoms with Crippen LogP contribution in [0.4, 0.5) is 0 Å². The lowest BCUT2D eigenvalue weighted by Gasteiger charge is -2.13. The Labute approximate surface area is 143 Å². The standard InChI is InChI=1S/C19H16N4O2/c1-12(13-7-3-2-4-8-13)21-18(24)16-17-19(25)22-14-9-5-6-10-15(14)23(17)11-20-16/h2-12H,1H3,(H,21,24)(H,22,25)/t12-/m0/s1. The first-order valence-corrected chi connectivity index (χ1v) is 7.99. The Balaban J connectivity index is 1.76. The van der Waals surface area contributed by atoms with Crippen molar-refractivity contribution in [3.63, 3.8) is 0 Å². The van der Waals surface area contributed by atoms with Gasteiger partial charge in [0.05, 0.1) is 17.1 Å². The lowest BCUT2D eigenvalue weighted by atomic mass is 10.1. The maximum Gasteiger partial charge on any atom is 0.275 e. The first kappa shape index (κ1) is 15.1. The number of carbonyl (C=O) groups is 1. The highest BCUT2D eigenvalue weighted by Crippen LogP contribution is 2.16. The van der Waals surface area contributed by atoms with Crippen LogP contribution >= 0.6 is 0 Å². The number of amides is 1. The summed E-state index contributed by atoms with van der Waals surface area (Å²) in [6, 6.07) is 16.8. The van der Waals surface area contributed by atoms with Gasteiger partial charge in [-0.2, -0.15) is 0 Å². The number of fused-ring (bicyclic) bond motifs is 3. The molecule has 0 fully saturated rings. The van der Waals surface area contributed by atoms with Crippen molar-refractivity contribution in [1.82, 2.24) is 19.7 Å². The van der Waals surface area contributed by atoms with Crippen molar-refractivity contribution in [2.75, 3.05) is 0 Å². The van der Waals surface area contributed by atoms with E-state index in [4.69, 9.17) is 0 Å². The molecule has 0 aliphatic rings. The minimum absolute atomic E-state index is 0.120. The Morgan fingerprint density at radius 2 is 1.84 bits per heavy atom. The van der Waals surface area contributed by atoms with Crippen molar-refractivity contribution in [1.29, 1.82) is 0 Å². The number of nitrogens with zero attached hydrogens (tertiary/aromatic N) is 2. The second-order valence-electron chi connectivity index (χ2n) is 5.89. The Bertz CT molecular complexity index is 1130. The molecule has 124 valence electrons. The summed E-state index contributed by atoms with van der Waals surface area (Å²) < 4.78 is 1.65. The number of aromatic amines is 1. The molecule has 1 atom stereocenters. The van der Waals surface area contributed by atoms with Crippen LogP contribution in [0.3, 0.4) is 0 Å². The summed E-state index contributed by atoms with van der Waals surface area (Å²) >= 11 is 0. The highest BCUT2D eigenvalue weighted by Gasteiger charge is 2.19. The summed E-state index contributed by atoms with van der Waals surface area (Å²) in [5, 5.41) is 2.90. The molecule has 0 spiro atoms. The molecule has 0 unspecified atom stereocenters. The number of imidazole rings is 1. The van der Waals surface area contributed by atoms with Gasteiger partial charge in [0, 0.05) is 0 Å². The SMILES string of the molecule is C[C@H](NC(=O)c1ncn2c1c(=O)[nH]c1ccccc12)c1ccccc1. The van der Waals surface area contributed by atoms with Crippen LogP contribution in [0.15, 0.2) is 65.7 Å². The van der Waals surface area contributed by atoms with E-state index >= 15 is 0 Å². The van der Waals surface area contributed by atoms with E-state index in [0.29, 0.717) is 5.52 Å². The second kappa shape index (κ2) is 5.90. The fraction of sp³-hybridized carbons (Fsp3) is 0.105. The first-order valence-electron chi connectivity index (χ1n) is 7.99. The molecule has 1 amide bonds. The molecule has 2 heterocycles. The Kier molecular flexibility index (Phi) is 3.57. The van der Waals surface area contributed by atoms with Crippen LogP contribution in [0.25, 0.3) is 16.6 Å². The van der Waals surface area contributed by atoms with E-state index in [1.54, 1.807) is 4.40 Å². The van der Waals surface area contributed by atoms with E-state index in [1.165, 1.54) is 6.33 Å². The molecule has 0 saturated heterocycles. The molecule has 0 aliphatic heterocycles. The Morgan fingerprint density at radius 3 is 2.64 bits per heavy atom. The van der Waals surface area contributed by atoms with Crippen molar-refractivity contribution in [2.45, 2.75) is 13.0 Å². The van der Waals surface area contributed by atoms with Crippen molar-refractivity contribution in [2.24, 2.45) is 0 Å². The fourth-order valence-electron chi connectivity index (χ4n) is 2.98. The maximum absolute atomic E-state index is 12.7. The zero-order chi connectivity index (χ0) is 17.4. The summed E-state index contributed by atoms with van der Waals surface area (Å²) in [4.78, 5) is 32.1. The largest absolute Gasteiger partial charge is 0.344 e. The van der Waals surface area contributed by atoms with Gasteiger partial charge in [-0.15, -0.1) is 0 Å². The predicted octanol–water partition coefficient (Wildman–Crippen LogP) is 2.67. The topological polar surface area (TPSA) is 79.3 Å². The number of H-pyrrole nitrogens is 1. The molecule has 4 aromatic rings. The molecule has 4 rings (SSSR count). The minimum Gasteiger partial charge on any atom is -0.344 e. The van der Waals surface area contributed by atoms with Crippen LogP contribution in [-0.2, 0) is 0 Å². The third kappa shape index (κ3) is 2.57. The molecule has 6 heteroatoms. The number of benzene rings is 2. The molecule has 2 aromatic heterocycles. The molecule has 0 bridgehead atoms. The molecule has 0 radical (unpaired) electrons. The van der Waals surface area contributed by atoms with Crippen LogP contribution in [-0.4, -0.2) is 20.3 Å². The number of rotatable bonds is 3. The number of aromatic nitrogens is 3. The molecule has 2 aromatic carbocycles. The van der Waals surface area contributed by atoms with Crippen LogP contribution < -0.4 is 10.9 Å².